The standard InChI is InChI=1S/C17H22N2O4/c1-4-6-13-7-5-10-19(13)17(21)18-14-11-12(16(20)23-3)8-9-15(14)22-2/h5,7-9,11,13H,4,6,10H2,1-3H3,(H,18,21)/t13-/m0/s1. The van der Waals surface area contributed by atoms with Crippen molar-refractivity contribution >= 4 is 17.7 Å². The van der Waals surface area contributed by atoms with Gasteiger partial charge in [-0.25, -0.2) is 9.59 Å². The topological polar surface area (TPSA) is 67.9 Å². The summed E-state index contributed by atoms with van der Waals surface area (Å²) < 4.78 is 9.96. The van der Waals surface area contributed by atoms with Crippen LogP contribution in [-0.4, -0.2) is 43.7 Å². The third-order valence-corrected chi connectivity index (χ3v) is 3.77. The van der Waals surface area contributed by atoms with Crippen LogP contribution < -0.4 is 10.1 Å². The predicted octanol–water partition coefficient (Wildman–Crippen LogP) is 3.05. The number of nitrogens with one attached hydrogen (secondary N) is 1. The van der Waals surface area contributed by atoms with E-state index in [4.69, 9.17) is 9.47 Å². The van der Waals surface area contributed by atoms with Gasteiger partial charge in [-0.2, -0.15) is 0 Å². The fourth-order valence-corrected chi connectivity index (χ4v) is 2.59. The molecule has 2 amide bonds. The third-order valence-electron chi connectivity index (χ3n) is 3.77. The lowest BCUT2D eigenvalue weighted by atomic mass is 10.1. The van der Waals surface area contributed by atoms with Gasteiger partial charge >= 0.3 is 12.0 Å². The second-order valence-electron chi connectivity index (χ2n) is 5.27. The largest absolute Gasteiger partial charge is 0.495 e. The molecule has 0 bridgehead atoms. The number of carbonyl (C=O) groups is 2. The van der Waals surface area contributed by atoms with Crippen molar-refractivity contribution in [2.45, 2.75) is 25.8 Å². The van der Waals surface area contributed by atoms with E-state index in [-0.39, 0.29) is 12.1 Å². The van der Waals surface area contributed by atoms with E-state index in [1.165, 1.54) is 14.2 Å². The monoisotopic (exact) mass is 318 g/mol. The van der Waals surface area contributed by atoms with Gasteiger partial charge in [0.25, 0.3) is 0 Å². The first-order valence-corrected chi connectivity index (χ1v) is 7.61. The first kappa shape index (κ1) is 16.9. The summed E-state index contributed by atoms with van der Waals surface area (Å²) in [5.74, 6) is 0.0278. The molecular weight excluding hydrogens is 296 g/mol. The van der Waals surface area contributed by atoms with E-state index in [9.17, 15) is 9.59 Å². The lowest BCUT2D eigenvalue weighted by Gasteiger charge is -2.25. The summed E-state index contributed by atoms with van der Waals surface area (Å²) >= 11 is 0. The van der Waals surface area contributed by atoms with Gasteiger partial charge in [-0.3, -0.25) is 0 Å². The molecule has 1 N–H and O–H groups in total. The molecule has 1 atom stereocenters. The Morgan fingerprint density at radius 3 is 2.78 bits per heavy atom. The van der Waals surface area contributed by atoms with Crippen molar-refractivity contribution < 1.29 is 19.1 Å². The van der Waals surface area contributed by atoms with E-state index in [1.54, 1.807) is 23.1 Å². The Morgan fingerprint density at radius 2 is 2.13 bits per heavy atom. The molecule has 0 saturated carbocycles. The molecule has 0 unspecified atom stereocenters. The smallest absolute Gasteiger partial charge is 0.337 e. The minimum atomic E-state index is -0.463. The number of rotatable bonds is 5. The minimum Gasteiger partial charge on any atom is -0.495 e. The highest BCUT2D eigenvalue weighted by Crippen LogP contribution is 2.27. The van der Waals surface area contributed by atoms with Crippen LogP contribution in [0, 0.1) is 0 Å². The Morgan fingerprint density at radius 1 is 1.35 bits per heavy atom. The number of methoxy groups -OCH3 is 2. The van der Waals surface area contributed by atoms with Crippen LogP contribution in [0.5, 0.6) is 5.75 Å². The molecule has 6 nitrogen and oxygen atoms in total. The average Bonchev–Trinajstić information content (AvgIpc) is 3.02. The molecule has 23 heavy (non-hydrogen) atoms. The van der Waals surface area contributed by atoms with Gasteiger partial charge in [-0.15, -0.1) is 0 Å². The molecule has 6 heteroatoms. The van der Waals surface area contributed by atoms with E-state index in [2.05, 4.69) is 12.2 Å². The van der Waals surface area contributed by atoms with Crippen LogP contribution >= 0.6 is 0 Å². The van der Waals surface area contributed by atoms with Crippen LogP contribution in [0.3, 0.4) is 0 Å². The van der Waals surface area contributed by atoms with Gasteiger partial charge in [0.1, 0.15) is 5.75 Å². The number of benzene rings is 1. The molecule has 0 aliphatic carbocycles. The molecule has 0 spiro atoms. The summed E-state index contributed by atoms with van der Waals surface area (Å²) in [6.45, 7) is 2.67. The van der Waals surface area contributed by atoms with Gasteiger partial charge in [-0.05, 0) is 24.6 Å². The van der Waals surface area contributed by atoms with Crippen molar-refractivity contribution in [3.05, 3.63) is 35.9 Å². The zero-order chi connectivity index (χ0) is 16.8. The third kappa shape index (κ3) is 3.83. The summed E-state index contributed by atoms with van der Waals surface area (Å²) in [5, 5.41) is 2.83. The maximum atomic E-state index is 12.5. The van der Waals surface area contributed by atoms with Crippen LogP contribution in [0.2, 0.25) is 0 Å². The number of urea groups is 1. The molecule has 1 aromatic rings. The summed E-state index contributed by atoms with van der Waals surface area (Å²) in [4.78, 5) is 25.9. The fraction of sp³-hybridized carbons (Fsp3) is 0.412. The van der Waals surface area contributed by atoms with Gasteiger partial charge in [0, 0.05) is 6.54 Å². The second kappa shape index (κ2) is 7.67. The van der Waals surface area contributed by atoms with E-state index in [1.807, 2.05) is 12.2 Å². The first-order chi connectivity index (χ1) is 11.1. The zero-order valence-corrected chi connectivity index (χ0v) is 13.7. The van der Waals surface area contributed by atoms with Crippen LogP contribution in [0.1, 0.15) is 30.1 Å². The van der Waals surface area contributed by atoms with Gasteiger partial charge in [0.05, 0.1) is 31.5 Å². The number of hydrogen-bond acceptors (Lipinski definition) is 4. The predicted molar refractivity (Wildman–Crippen MR) is 87.9 cm³/mol. The highest BCUT2D eigenvalue weighted by molar-refractivity contribution is 5.95. The summed E-state index contributed by atoms with van der Waals surface area (Å²) in [6, 6.07) is 4.68. The van der Waals surface area contributed by atoms with E-state index in [0.717, 1.165) is 12.8 Å². The van der Waals surface area contributed by atoms with Gasteiger partial charge in [0.15, 0.2) is 0 Å². The maximum Gasteiger partial charge on any atom is 0.337 e. The molecule has 1 heterocycles. The number of amides is 2. The number of anilines is 1. The second-order valence-corrected chi connectivity index (χ2v) is 5.27. The molecule has 0 aromatic heterocycles. The zero-order valence-electron chi connectivity index (χ0n) is 13.7. The normalized spacial score (nSPS) is 16.3. The number of carbonyl (C=O) groups excluding carboxylic acids is 2. The Labute approximate surface area is 136 Å². The van der Waals surface area contributed by atoms with Crippen molar-refractivity contribution in [1.82, 2.24) is 4.90 Å². The van der Waals surface area contributed by atoms with Crippen LogP contribution in [0.25, 0.3) is 0 Å². The number of esters is 1. The molecule has 1 aromatic carbocycles. The molecule has 0 saturated heterocycles. The first-order valence-electron chi connectivity index (χ1n) is 7.61. The minimum absolute atomic E-state index is 0.106. The summed E-state index contributed by atoms with van der Waals surface area (Å²) in [6.07, 6.45) is 5.95. The molecule has 124 valence electrons. The molecule has 0 radical (unpaired) electrons. The molecule has 1 aliphatic rings. The van der Waals surface area contributed by atoms with E-state index in [0.29, 0.717) is 23.5 Å². The molecule has 1 aliphatic heterocycles. The van der Waals surface area contributed by atoms with Gasteiger partial charge < -0.3 is 19.7 Å². The van der Waals surface area contributed by atoms with Crippen molar-refractivity contribution in [3.63, 3.8) is 0 Å². The molecule has 2 rings (SSSR count). The maximum absolute atomic E-state index is 12.5. The van der Waals surface area contributed by atoms with Crippen LogP contribution in [0.4, 0.5) is 10.5 Å². The number of hydrogen-bond donors (Lipinski definition) is 1. The lowest BCUT2D eigenvalue weighted by Crippen LogP contribution is -2.39. The van der Waals surface area contributed by atoms with Gasteiger partial charge in [-0.1, -0.05) is 25.5 Å². The number of nitrogens with zero attached hydrogens (tertiary/aromatic N) is 1. The van der Waals surface area contributed by atoms with Gasteiger partial charge in [0.2, 0.25) is 0 Å². The van der Waals surface area contributed by atoms with Crippen LogP contribution in [0.15, 0.2) is 30.4 Å². The van der Waals surface area contributed by atoms with Crippen molar-refractivity contribution in [3.8, 4) is 5.75 Å². The quantitative estimate of drug-likeness (QED) is 0.669. The SMILES string of the molecule is CCC[C@H]1C=CCN1C(=O)Nc1cc(C(=O)OC)ccc1OC. The summed E-state index contributed by atoms with van der Waals surface area (Å²) in [5.41, 5.74) is 0.802. The highest BCUT2D eigenvalue weighted by atomic mass is 16.5. The Balaban J connectivity index is 2.17. The van der Waals surface area contributed by atoms with Crippen LogP contribution in [-0.2, 0) is 4.74 Å². The Bertz CT molecular complexity index is 613. The molecular formula is C17H22N2O4. The van der Waals surface area contributed by atoms with Crippen molar-refractivity contribution in [2.24, 2.45) is 0 Å². The van der Waals surface area contributed by atoms with E-state index < -0.39 is 5.97 Å². The average molecular weight is 318 g/mol. The highest BCUT2D eigenvalue weighted by Gasteiger charge is 2.25. The number of ether oxygens (including phenoxy) is 2. The van der Waals surface area contributed by atoms with E-state index >= 15 is 0 Å². The lowest BCUT2D eigenvalue weighted by molar-refractivity contribution is 0.0600. The van der Waals surface area contributed by atoms with Crippen molar-refractivity contribution in [1.29, 1.82) is 0 Å². The Kier molecular flexibility index (Phi) is 5.62. The van der Waals surface area contributed by atoms with Crippen molar-refractivity contribution in [2.75, 3.05) is 26.1 Å². The Hall–Kier alpha value is -2.50. The fourth-order valence-electron chi connectivity index (χ4n) is 2.59. The summed E-state index contributed by atoms with van der Waals surface area (Å²) in [7, 11) is 2.83. The molecule has 0 fully saturated rings.